The van der Waals surface area contributed by atoms with E-state index < -0.39 is 6.04 Å². The maximum atomic E-state index is 12.0. The summed E-state index contributed by atoms with van der Waals surface area (Å²) < 4.78 is 5.52. The smallest absolute Gasteiger partial charge is 0.253 e. The Bertz CT molecular complexity index is 451. The molecule has 0 saturated carbocycles. The van der Waals surface area contributed by atoms with Crippen LogP contribution in [-0.2, 0) is 9.53 Å². The quantitative estimate of drug-likeness (QED) is 0.774. The number of nitrogens with one attached hydrogen (secondary N) is 2. The highest BCUT2D eigenvalue weighted by atomic mass is 79.9. The summed E-state index contributed by atoms with van der Waals surface area (Å²) in [5.41, 5.74) is 0.499. The summed E-state index contributed by atoms with van der Waals surface area (Å²) in [6.45, 7) is 2.50. The van der Waals surface area contributed by atoms with Gasteiger partial charge in [0.05, 0.1) is 12.2 Å². The van der Waals surface area contributed by atoms with E-state index in [0.29, 0.717) is 23.2 Å². The van der Waals surface area contributed by atoms with Gasteiger partial charge in [-0.1, -0.05) is 12.1 Å². The van der Waals surface area contributed by atoms with E-state index in [1.165, 1.54) is 0 Å². The zero-order valence-corrected chi connectivity index (χ0v) is 12.5. The van der Waals surface area contributed by atoms with Crippen LogP contribution in [-0.4, -0.2) is 38.1 Å². The lowest BCUT2D eigenvalue weighted by molar-refractivity contribution is -0.122. The van der Waals surface area contributed by atoms with Crippen molar-refractivity contribution in [3.8, 4) is 0 Å². The molecule has 6 heteroatoms. The molecule has 0 heterocycles. The molecule has 1 aromatic carbocycles. The van der Waals surface area contributed by atoms with Crippen molar-refractivity contribution in [3.63, 3.8) is 0 Å². The van der Waals surface area contributed by atoms with Crippen LogP contribution in [0.5, 0.6) is 0 Å². The van der Waals surface area contributed by atoms with Crippen LogP contribution in [0.1, 0.15) is 17.3 Å². The van der Waals surface area contributed by atoms with Crippen LogP contribution in [0.3, 0.4) is 0 Å². The lowest BCUT2D eigenvalue weighted by Crippen LogP contribution is -2.45. The van der Waals surface area contributed by atoms with Crippen LogP contribution < -0.4 is 10.6 Å². The minimum absolute atomic E-state index is 0.238. The first-order valence-corrected chi connectivity index (χ1v) is 6.67. The molecule has 19 heavy (non-hydrogen) atoms. The van der Waals surface area contributed by atoms with E-state index in [2.05, 4.69) is 26.6 Å². The van der Waals surface area contributed by atoms with Crippen molar-refractivity contribution in [1.29, 1.82) is 0 Å². The first-order chi connectivity index (χ1) is 9.06. The van der Waals surface area contributed by atoms with Crippen molar-refractivity contribution < 1.29 is 14.3 Å². The second-order valence-electron chi connectivity index (χ2n) is 3.96. The summed E-state index contributed by atoms with van der Waals surface area (Å²) in [4.78, 5) is 23.6. The highest BCUT2D eigenvalue weighted by Gasteiger charge is 2.17. The third-order valence-electron chi connectivity index (χ3n) is 2.46. The first-order valence-electron chi connectivity index (χ1n) is 5.88. The highest BCUT2D eigenvalue weighted by Crippen LogP contribution is 2.15. The van der Waals surface area contributed by atoms with E-state index in [0.717, 1.165) is 0 Å². The molecular weight excluding hydrogens is 312 g/mol. The standard InChI is InChI=1S/C13H17BrN2O3/c1-9(12(17)15-7-8-19-2)16-13(18)10-5-3-4-6-11(10)14/h3-6,9H,7-8H2,1-2H3,(H,15,17)(H,16,18). The van der Waals surface area contributed by atoms with E-state index in [1.54, 1.807) is 32.2 Å². The Labute approximate surface area is 120 Å². The van der Waals surface area contributed by atoms with Crippen molar-refractivity contribution in [1.82, 2.24) is 10.6 Å². The fraction of sp³-hybridized carbons (Fsp3) is 0.385. The number of rotatable bonds is 6. The number of ether oxygens (including phenoxy) is 1. The largest absolute Gasteiger partial charge is 0.383 e. The molecule has 2 amide bonds. The van der Waals surface area contributed by atoms with Gasteiger partial charge in [-0.3, -0.25) is 9.59 Å². The van der Waals surface area contributed by atoms with Crippen molar-refractivity contribution in [2.75, 3.05) is 20.3 Å². The van der Waals surface area contributed by atoms with Gasteiger partial charge in [0.25, 0.3) is 5.91 Å². The summed E-state index contributed by atoms with van der Waals surface area (Å²) in [5.74, 6) is -0.528. The number of methoxy groups -OCH3 is 1. The molecule has 104 valence electrons. The summed E-state index contributed by atoms with van der Waals surface area (Å²) in [6, 6.07) is 6.45. The molecule has 0 aromatic heterocycles. The molecule has 0 saturated heterocycles. The monoisotopic (exact) mass is 328 g/mol. The Morgan fingerprint density at radius 3 is 2.68 bits per heavy atom. The zero-order valence-electron chi connectivity index (χ0n) is 10.9. The molecule has 1 rings (SSSR count). The van der Waals surface area contributed by atoms with Crippen LogP contribution in [0.15, 0.2) is 28.7 Å². The lowest BCUT2D eigenvalue weighted by atomic mass is 10.2. The number of amides is 2. The number of carbonyl (C=O) groups excluding carboxylic acids is 2. The Morgan fingerprint density at radius 1 is 1.37 bits per heavy atom. The first kappa shape index (κ1) is 15.7. The van der Waals surface area contributed by atoms with Gasteiger partial charge < -0.3 is 15.4 Å². The van der Waals surface area contributed by atoms with Crippen LogP contribution in [0.2, 0.25) is 0 Å². The number of carbonyl (C=O) groups is 2. The summed E-state index contributed by atoms with van der Waals surface area (Å²) in [6.07, 6.45) is 0. The molecule has 0 spiro atoms. The van der Waals surface area contributed by atoms with Gasteiger partial charge in [-0.25, -0.2) is 0 Å². The fourth-order valence-electron chi connectivity index (χ4n) is 1.41. The van der Waals surface area contributed by atoms with Crippen molar-refractivity contribution in [3.05, 3.63) is 34.3 Å². The predicted molar refractivity (Wildman–Crippen MR) is 76.0 cm³/mol. The van der Waals surface area contributed by atoms with Gasteiger partial charge >= 0.3 is 0 Å². The third kappa shape index (κ3) is 5.00. The van der Waals surface area contributed by atoms with E-state index in [1.807, 2.05) is 6.07 Å². The number of halogens is 1. The molecule has 0 fully saturated rings. The van der Waals surface area contributed by atoms with Gasteiger partial charge in [0, 0.05) is 18.1 Å². The van der Waals surface area contributed by atoms with Crippen molar-refractivity contribution in [2.45, 2.75) is 13.0 Å². The van der Waals surface area contributed by atoms with E-state index in [4.69, 9.17) is 4.74 Å². The van der Waals surface area contributed by atoms with Gasteiger partial charge in [-0.15, -0.1) is 0 Å². The highest BCUT2D eigenvalue weighted by molar-refractivity contribution is 9.10. The topological polar surface area (TPSA) is 67.4 Å². The lowest BCUT2D eigenvalue weighted by Gasteiger charge is -2.14. The summed E-state index contributed by atoms with van der Waals surface area (Å²) in [5, 5.41) is 5.31. The van der Waals surface area contributed by atoms with Crippen LogP contribution in [0.25, 0.3) is 0 Å². The average molecular weight is 329 g/mol. The SMILES string of the molecule is COCCNC(=O)C(C)NC(=O)c1ccccc1Br. The Morgan fingerprint density at radius 2 is 2.05 bits per heavy atom. The molecular formula is C13H17BrN2O3. The minimum Gasteiger partial charge on any atom is -0.383 e. The maximum Gasteiger partial charge on any atom is 0.253 e. The molecule has 1 unspecified atom stereocenters. The van der Waals surface area contributed by atoms with Gasteiger partial charge in [0.2, 0.25) is 5.91 Å². The van der Waals surface area contributed by atoms with Gasteiger partial charge in [0.15, 0.2) is 0 Å². The summed E-state index contributed by atoms with van der Waals surface area (Å²) in [7, 11) is 1.56. The van der Waals surface area contributed by atoms with Gasteiger partial charge in [0.1, 0.15) is 6.04 Å². The molecule has 0 radical (unpaired) electrons. The number of benzene rings is 1. The number of hydrogen-bond acceptors (Lipinski definition) is 3. The third-order valence-corrected chi connectivity index (χ3v) is 3.16. The molecule has 0 aliphatic rings. The van der Waals surface area contributed by atoms with Crippen molar-refractivity contribution in [2.24, 2.45) is 0 Å². The van der Waals surface area contributed by atoms with Gasteiger partial charge in [-0.2, -0.15) is 0 Å². The second kappa shape index (κ2) is 7.91. The molecule has 0 aliphatic carbocycles. The molecule has 5 nitrogen and oxygen atoms in total. The van der Waals surface area contributed by atoms with Gasteiger partial charge in [-0.05, 0) is 35.0 Å². The summed E-state index contributed by atoms with van der Waals surface area (Å²) >= 11 is 3.30. The Hall–Kier alpha value is -1.40. The predicted octanol–water partition coefficient (Wildman–Crippen LogP) is 1.33. The molecule has 1 aromatic rings. The number of hydrogen-bond donors (Lipinski definition) is 2. The van der Waals surface area contributed by atoms with Crippen LogP contribution in [0, 0.1) is 0 Å². The van der Waals surface area contributed by atoms with E-state index in [9.17, 15) is 9.59 Å². The Balaban J connectivity index is 2.52. The average Bonchev–Trinajstić information content (AvgIpc) is 2.39. The normalized spacial score (nSPS) is 11.7. The van der Waals surface area contributed by atoms with E-state index >= 15 is 0 Å². The minimum atomic E-state index is -0.600. The zero-order chi connectivity index (χ0) is 14.3. The van der Waals surface area contributed by atoms with E-state index in [-0.39, 0.29) is 11.8 Å². The molecule has 1 atom stereocenters. The fourth-order valence-corrected chi connectivity index (χ4v) is 1.88. The Kier molecular flexibility index (Phi) is 6.52. The molecule has 0 aliphatic heterocycles. The van der Waals surface area contributed by atoms with Crippen LogP contribution in [0.4, 0.5) is 0 Å². The second-order valence-corrected chi connectivity index (χ2v) is 4.81. The molecule has 0 bridgehead atoms. The maximum absolute atomic E-state index is 12.0. The van der Waals surface area contributed by atoms with Crippen LogP contribution >= 0.6 is 15.9 Å². The molecule has 2 N–H and O–H groups in total. The van der Waals surface area contributed by atoms with Crippen molar-refractivity contribution >= 4 is 27.7 Å².